The van der Waals surface area contributed by atoms with E-state index in [0.717, 1.165) is 43.8 Å². The standard InChI is InChI=1S/C17H24N6O2/c1-17(2)9-13(10-25-17)19-16(24)12-5-7-22(8-6-12)15-4-3-14-20-18-11-23(14)21-15/h3-4,11-13H,5-10H2,1-2H3,(H,19,24). The van der Waals surface area contributed by atoms with Gasteiger partial charge in [0.2, 0.25) is 5.91 Å². The van der Waals surface area contributed by atoms with Gasteiger partial charge in [-0.15, -0.1) is 15.3 Å². The number of nitrogens with zero attached hydrogens (tertiary/aromatic N) is 5. The van der Waals surface area contributed by atoms with Crippen molar-refractivity contribution in [3.05, 3.63) is 18.5 Å². The van der Waals surface area contributed by atoms with E-state index >= 15 is 0 Å². The minimum absolute atomic E-state index is 0.0682. The van der Waals surface area contributed by atoms with Crippen LogP contribution in [0.4, 0.5) is 5.82 Å². The number of ether oxygens (including phenoxy) is 1. The van der Waals surface area contributed by atoms with Crippen molar-refractivity contribution < 1.29 is 9.53 Å². The molecule has 134 valence electrons. The molecular weight excluding hydrogens is 320 g/mol. The van der Waals surface area contributed by atoms with E-state index in [2.05, 4.69) is 39.4 Å². The van der Waals surface area contributed by atoms with E-state index in [4.69, 9.17) is 4.74 Å². The summed E-state index contributed by atoms with van der Waals surface area (Å²) in [5.41, 5.74) is 0.605. The highest BCUT2D eigenvalue weighted by atomic mass is 16.5. The van der Waals surface area contributed by atoms with Crippen LogP contribution in [0.1, 0.15) is 33.1 Å². The second-order valence-electron chi connectivity index (χ2n) is 7.57. The first kappa shape index (κ1) is 16.3. The number of hydrogen-bond acceptors (Lipinski definition) is 6. The van der Waals surface area contributed by atoms with Crippen molar-refractivity contribution in [3.8, 4) is 0 Å². The van der Waals surface area contributed by atoms with E-state index in [1.165, 1.54) is 0 Å². The fraction of sp³-hybridized carbons (Fsp3) is 0.647. The van der Waals surface area contributed by atoms with Crippen LogP contribution in [0, 0.1) is 5.92 Å². The molecule has 2 aliphatic heterocycles. The normalized spacial score (nSPS) is 23.9. The number of rotatable bonds is 3. The number of anilines is 1. The van der Waals surface area contributed by atoms with Crippen LogP contribution in [0.5, 0.6) is 0 Å². The molecule has 0 radical (unpaired) electrons. The number of carbonyl (C=O) groups is 1. The molecule has 0 saturated carbocycles. The lowest BCUT2D eigenvalue weighted by Gasteiger charge is -2.32. The molecule has 2 saturated heterocycles. The Morgan fingerprint density at radius 2 is 2.12 bits per heavy atom. The molecule has 0 spiro atoms. The van der Waals surface area contributed by atoms with Gasteiger partial charge in [-0.25, -0.2) is 0 Å². The summed E-state index contributed by atoms with van der Waals surface area (Å²) in [7, 11) is 0. The Hall–Kier alpha value is -2.22. The molecule has 1 atom stereocenters. The second-order valence-corrected chi connectivity index (χ2v) is 7.57. The van der Waals surface area contributed by atoms with Crippen molar-refractivity contribution in [1.29, 1.82) is 0 Å². The molecule has 2 fully saturated rings. The first-order valence-electron chi connectivity index (χ1n) is 8.86. The number of carbonyl (C=O) groups excluding carboxylic acids is 1. The van der Waals surface area contributed by atoms with Gasteiger partial charge in [0.1, 0.15) is 12.1 Å². The Bertz CT molecular complexity index is 765. The zero-order valence-corrected chi connectivity index (χ0v) is 14.7. The van der Waals surface area contributed by atoms with Gasteiger partial charge in [0.05, 0.1) is 18.2 Å². The molecule has 4 heterocycles. The molecule has 4 rings (SSSR count). The molecule has 1 amide bonds. The Kier molecular flexibility index (Phi) is 4.07. The van der Waals surface area contributed by atoms with Crippen LogP contribution in [0.2, 0.25) is 0 Å². The van der Waals surface area contributed by atoms with Crippen molar-refractivity contribution >= 4 is 17.4 Å². The first-order chi connectivity index (χ1) is 12.0. The molecule has 0 aliphatic carbocycles. The van der Waals surface area contributed by atoms with Crippen LogP contribution in [-0.2, 0) is 9.53 Å². The average Bonchev–Trinajstić information content (AvgIpc) is 3.20. The maximum Gasteiger partial charge on any atom is 0.223 e. The lowest BCUT2D eigenvalue weighted by Crippen LogP contribution is -2.44. The van der Waals surface area contributed by atoms with Crippen molar-refractivity contribution in [2.24, 2.45) is 5.92 Å². The quantitative estimate of drug-likeness (QED) is 0.895. The SMILES string of the molecule is CC1(C)CC(NC(=O)C2CCN(c3ccc4nncn4n3)CC2)CO1. The third-order valence-electron chi connectivity index (χ3n) is 5.10. The second kappa shape index (κ2) is 6.25. The molecule has 2 aromatic rings. The van der Waals surface area contributed by atoms with Gasteiger partial charge in [0.15, 0.2) is 5.65 Å². The zero-order valence-electron chi connectivity index (χ0n) is 14.7. The molecule has 25 heavy (non-hydrogen) atoms. The predicted octanol–water partition coefficient (Wildman–Crippen LogP) is 1.02. The van der Waals surface area contributed by atoms with Gasteiger partial charge in [-0.1, -0.05) is 0 Å². The number of aromatic nitrogens is 4. The van der Waals surface area contributed by atoms with E-state index in [0.29, 0.717) is 6.61 Å². The number of piperidine rings is 1. The summed E-state index contributed by atoms with van der Waals surface area (Å²) in [5, 5.41) is 15.5. The summed E-state index contributed by atoms with van der Waals surface area (Å²) < 4.78 is 7.38. The van der Waals surface area contributed by atoms with E-state index in [1.807, 2.05) is 12.1 Å². The van der Waals surface area contributed by atoms with Gasteiger partial charge in [-0.3, -0.25) is 4.79 Å². The topological polar surface area (TPSA) is 84.7 Å². The lowest BCUT2D eigenvalue weighted by molar-refractivity contribution is -0.126. The van der Waals surface area contributed by atoms with Crippen LogP contribution in [0.3, 0.4) is 0 Å². The minimum atomic E-state index is -0.131. The van der Waals surface area contributed by atoms with E-state index in [1.54, 1.807) is 10.8 Å². The zero-order chi connectivity index (χ0) is 17.4. The fourth-order valence-electron chi connectivity index (χ4n) is 3.71. The van der Waals surface area contributed by atoms with Crippen LogP contribution in [0.25, 0.3) is 5.65 Å². The average molecular weight is 344 g/mol. The Morgan fingerprint density at radius 1 is 1.32 bits per heavy atom. The fourth-order valence-corrected chi connectivity index (χ4v) is 3.71. The summed E-state index contributed by atoms with van der Waals surface area (Å²) in [6.45, 7) is 6.39. The molecule has 2 aliphatic rings. The summed E-state index contributed by atoms with van der Waals surface area (Å²) in [6, 6.07) is 4.01. The molecule has 0 bridgehead atoms. The maximum absolute atomic E-state index is 12.5. The Morgan fingerprint density at radius 3 is 2.84 bits per heavy atom. The molecule has 0 aromatic carbocycles. The third kappa shape index (κ3) is 3.44. The van der Waals surface area contributed by atoms with Crippen LogP contribution >= 0.6 is 0 Å². The number of nitrogens with one attached hydrogen (secondary N) is 1. The number of fused-ring (bicyclic) bond motifs is 1. The van der Waals surface area contributed by atoms with E-state index in [-0.39, 0.29) is 23.5 Å². The van der Waals surface area contributed by atoms with Gasteiger partial charge in [-0.05, 0) is 45.2 Å². The van der Waals surface area contributed by atoms with Crippen molar-refractivity contribution in [3.63, 3.8) is 0 Å². The first-order valence-corrected chi connectivity index (χ1v) is 8.86. The van der Waals surface area contributed by atoms with Crippen molar-refractivity contribution in [2.75, 3.05) is 24.6 Å². The van der Waals surface area contributed by atoms with Gasteiger partial charge in [0.25, 0.3) is 0 Å². The van der Waals surface area contributed by atoms with Crippen LogP contribution in [0.15, 0.2) is 18.5 Å². The Balaban J connectivity index is 1.32. The maximum atomic E-state index is 12.5. The molecule has 8 heteroatoms. The van der Waals surface area contributed by atoms with Crippen LogP contribution < -0.4 is 10.2 Å². The highest BCUT2D eigenvalue weighted by Gasteiger charge is 2.34. The highest BCUT2D eigenvalue weighted by Crippen LogP contribution is 2.26. The molecule has 1 N–H and O–H groups in total. The predicted molar refractivity (Wildman–Crippen MR) is 92.3 cm³/mol. The summed E-state index contributed by atoms with van der Waals surface area (Å²) >= 11 is 0. The monoisotopic (exact) mass is 344 g/mol. The highest BCUT2D eigenvalue weighted by molar-refractivity contribution is 5.79. The minimum Gasteiger partial charge on any atom is -0.373 e. The van der Waals surface area contributed by atoms with Gasteiger partial charge >= 0.3 is 0 Å². The van der Waals surface area contributed by atoms with Crippen LogP contribution in [-0.4, -0.2) is 57.1 Å². The molecule has 2 aromatic heterocycles. The van der Waals surface area contributed by atoms with E-state index in [9.17, 15) is 4.79 Å². The van der Waals surface area contributed by atoms with Crippen molar-refractivity contribution in [1.82, 2.24) is 25.1 Å². The summed E-state index contributed by atoms with van der Waals surface area (Å²) in [6.07, 6.45) is 4.15. The smallest absolute Gasteiger partial charge is 0.223 e. The van der Waals surface area contributed by atoms with Gasteiger partial charge in [0, 0.05) is 19.0 Å². The van der Waals surface area contributed by atoms with E-state index < -0.39 is 0 Å². The summed E-state index contributed by atoms with van der Waals surface area (Å²) in [4.78, 5) is 14.7. The lowest BCUT2D eigenvalue weighted by atomic mass is 9.95. The van der Waals surface area contributed by atoms with Gasteiger partial charge in [-0.2, -0.15) is 4.52 Å². The largest absolute Gasteiger partial charge is 0.373 e. The molecule has 1 unspecified atom stereocenters. The van der Waals surface area contributed by atoms with Crippen molar-refractivity contribution in [2.45, 2.75) is 44.8 Å². The molecular formula is C17H24N6O2. The summed E-state index contributed by atoms with van der Waals surface area (Å²) in [5.74, 6) is 1.13. The number of amides is 1. The third-order valence-corrected chi connectivity index (χ3v) is 5.10. The van der Waals surface area contributed by atoms with Gasteiger partial charge < -0.3 is 15.0 Å². The number of hydrogen-bond donors (Lipinski definition) is 1. The molecule has 8 nitrogen and oxygen atoms in total. The Labute approximate surface area is 146 Å².